The fourth-order valence-corrected chi connectivity index (χ4v) is 2.41. The second kappa shape index (κ2) is 5.44. The number of halogens is 3. The molecule has 5 nitrogen and oxygen atoms in total. The molecule has 1 amide bonds. The summed E-state index contributed by atoms with van der Waals surface area (Å²) in [5.41, 5.74) is 3.91. The first-order chi connectivity index (χ1) is 10.9. The summed E-state index contributed by atoms with van der Waals surface area (Å²) in [7, 11) is 0. The molecule has 3 rings (SSSR count). The van der Waals surface area contributed by atoms with E-state index in [4.69, 9.17) is 17.3 Å². The van der Waals surface area contributed by atoms with Gasteiger partial charge >= 0.3 is 0 Å². The maximum absolute atomic E-state index is 14.3. The molecule has 0 aliphatic heterocycles. The molecule has 0 aliphatic rings. The van der Waals surface area contributed by atoms with E-state index < -0.39 is 34.5 Å². The van der Waals surface area contributed by atoms with Gasteiger partial charge in [0.25, 0.3) is 5.91 Å². The Morgan fingerprint density at radius 2 is 1.96 bits per heavy atom. The number of aromatic amines is 1. The number of carbonyl (C=O) groups excluding carboxylic acids is 2. The van der Waals surface area contributed by atoms with Crippen molar-refractivity contribution >= 4 is 34.3 Å². The van der Waals surface area contributed by atoms with Crippen LogP contribution < -0.4 is 5.73 Å². The summed E-state index contributed by atoms with van der Waals surface area (Å²) in [6, 6.07) is 3.15. The SMILES string of the molecule is NC(=O)c1ccc(F)c(C(=O)c2c[nH]c3ncc(Cl)cc23)c1F. The Morgan fingerprint density at radius 1 is 1.22 bits per heavy atom. The van der Waals surface area contributed by atoms with E-state index in [2.05, 4.69) is 9.97 Å². The maximum atomic E-state index is 14.3. The van der Waals surface area contributed by atoms with Gasteiger partial charge in [0.05, 0.1) is 16.1 Å². The van der Waals surface area contributed by atoms with Crippen LogP contribution in [0.15, 0.2) is 30.6 Å². The van der Waals surface area contributed by atoms with Crippen LogP contribution in [0.1, 0.15) is 26.3 Å². The van der Waals surface area contributed by atoms with Crippen molar-refractivity contribution in [3.05, 3.63) is 63.9 Å². The van der Waals surface area contributed by atoms with Gasteiger partial charge in [0.2, 0.25) is 5.78 Å². The molecule has 0 aliphatic carbocycles. The number of aromatic nitrogens is 2. The Morgan fingerprint density at radius 3 is 2.65 bits per heavy atom. The zero-order chi connectivity index (χ0) is 16.7. The molecule has 3 N–H and O–H groups in total. The molecule has 0 radical (unpaired) electrons. The molecule has 0 unspecified atom stereocenters. The number of amides is 1. The molecule has 2 aromatic heterocycles. The summed E-state index contributed by atoms with van der Waals surface area (Å²) >= 11 is 5.83. The summed E-state index contributed by atoms with van der Waals surface area (Å²) in [4.78, 5) is 30.4. The molecule has 0 atom stereocenters. The summed E-state index contributed by atoms with van der Waals surface area (Å²) in [6.07, 6.45) is 2.63. The van der Waals surface area contributed by atoms with Crippen molar-refractivity contribution in [2.45, 2.75) is 0 Å². The van der Waals surface area contributed by atoms with Gasteiger partial charge in [-0.1, -0.05) is 11.6 Å². The van der Waals surface area contributed by atoms with Crippen molar-refractivity contribution in [2.75, 3.05) is 0 Å². The zero-order valence-electron chi connectivity index (χ0n) is 11.4. The summed E-state index contributed by atoms with van der Waals surface area (Å²) in [6.45, 7) is 0. The Labute approximate surface area is 133 Å². The number of nitrogens with one attached hydrogen (secondary N) is 1. The van der Waals surface area contributed by atoms with E-state index in [1.54, 1.807) is 0 Å². The first-order valence-corrected chi connectivity index (χ1v) is 6.73. The molecule has 3 aromatic rings. The standard InChI is InChI=1S/C15H8ClF2N3O2/c16-6-3-8-9(5-21-15(8)20-4-6)13(22)11-10(17)2-1-7(12(11)18)14(19)23/h1-5H,(H2,19,23)(H,20,21). The average molecular weight is 336 g/mol. The smallest absolute Gasteiger partial charge is 0.251 e. The van der Waals surface area contributed by atoms with Crippen LogP contribution in [0.5, 0.6) is 0 Å². The predicted octanol–water partition coefficient (Wildman–Crippen LogP) is 2.82. The number of carbonyl (C=O) groups is 2. The monoisotopic (exact) mass is 335 g/mol. The fourth-order valence-electron chi connectivity index (χ4n) is 2.25. The van der Waals surface area contributed by atoms with Gasteiger partial charge in [-0.3, -0.25) is 9.59 Å². The van der Waals surface area contributed by atoms with Crippen molar-refractivity contribution < 1.29 is 18.4 Å². The van der Waals surface area contributed by atoms with Crippen molar-refractivity contribution in [3.8, 4) is 0 Å². The van der Waals surface area contributed by atoms with Gasteiger partial charge in [0, 0.05) is 23.3 Å². The van der Waals surface area contributed by atoms with Crippen LogP contribution in [0.25, 0.3) is 11.0 Å². The number of nitrogens with two attached hydrogens (primary N) is 1. The maximum Gasteiger partial charge on any atom is 0.251 e. The number of hydrogen-bond donors (Lipinski definition) is 2. The van der Waals surface area contributed by atoms with Crippen LogP contribution in [0.3, 0.4) is 0 Å². The average Bonchev–Trinajstić information content (AvgIpc) is 2.89. The molecule has 0 fully saturated rings. The van der Waals surface area contributed by atoms with Crippen molar-refractivity contribution in [1.82, 2.24) is 9.97 Å². The van der Waals surface area contributed by atoms with Gasteiger partial charge < -0.3 is 10.7 Å². The molecule has 1 aromatic carbocycles. The van der Waals surface area contributed by atoms with Gasteiger partial charge in [-0.25, -0.2) is 13.8 Å². The number of pyridine rings is 1. The topological polar surface area (TPSA) is 88.8 Å². The molecule has 23 heavy (non-hydrogen) atoms. The van der Waals surface area contributed by atoms with Gasteiger partial charge in [-0.15, -0.1) is 0 Å². The van der Waals surface area contributed by atoms with E-state index in [0.717, 1.165) is 12.1 Å². The highest BCUT2D eigenvalue weighted by atomic mass is 35.5. The molecule has 0 saturated heterocycles. The summed E-state index contributed by atoms with van der Waals surface area (Å²) < 4.78 is 28.2. The zero-order valence-corrected chi connectivity index (χ0v) is 12.1. The Kier molecular flexibility index (Phi) is 3.57. The van der Waals surface area contributed by atoms with Crippen molar-refractivity contribution in [1.29, 1.82) is 0 Å². The third kappa shape index (κ3) is 2.44. The largest absolute Gasteiger partial charge is 0.366 e. The number of primary amides is 1. The van der Waals surface area contributed by atoms with Crippen molar-refractivity contribution in [2.24, 2.45) is 5.73 Å². The molecular weight excluding hydrogens is 328 g/mol. The van der Waals surface area contributed by atoms with E-state index in [1.807, 2.05) is 0 Å². The van der Waals surface area contributed by atoms with Gasteiger partial charge in [-0.2, -0.15) is 0 Å². The molecule has 0 bridgehead atoms. The number of fused-ring (bicyclic) bond motifs is 1. The first kappa shape index (κ1) is 15.1. The molecule has 0 spiro atoms. The molecule has 8 heteroatoms. The first-order valence-electron chi connectivity index (χ1n) is 6.35. The van der Waals surface area contributed by atoms with Crippen LogP contribution in [0, 0.1) is 11.6 Å². The molecule has 2 heterocycles. The van der Waals surface area contributed by atoms with Crippen LogP contribution in [-0.4, -0.2) is 21.7 Å². The number of rotatable bonds is 3. The number of benzene rings is 1. The highest BCUT2D eigenvalue weighted by Crippen LogP contribution is 2.26. The number of H-pyrrole nitrogens is 1. The van der Waals surface area contributed by atoms with E-state index in [9.17, 15) is 18.4 Å². The van der Waals surface area contributed by atoms with Gasteiger partial charge in [0.15, 0.2) is 0 Å². The lowest BCUT2D eigenvalue weighted by atomic mass is 9.99. The minimum Gasteiger partial charge on any atom is -0.366 e. The Balaban J connectivity index is 2.22. The molecule has 0 saturated carbocycles. The normalized spacial score (nSPS) is 10.9. The molecule has 116 valence electrons. The lowest BCUT2D eigenvalue weighted by Gasteiger charge is -2.06. The number of nitrogens with zero attached hydrogens (tertiary/aromatic N) is 1. The Hall–Kier alpha value is -2.80. The van der Waals surface area contributed by atoms with Crippen LogP contribution in [0.4, 0.5) is 8.78 Å². The minimum atomic E-state index is -1.30. The van der Waals surface area contributed by atoms with Crippen molar-refractivity contribution in [3.63, 3.8) is 0 Å². The quantitative estimate of drug-likeness (QED) is 0.721. The number of hydrogen-bond acceptors (Lipinski definition) is 3. The van der Waals surface area contributed by atoms with Gasteiger partial charge in [-0.05, 0) is 18.2 Å². The van der Waals surface area contributed by atoms with Crippen LogP contribution in [0.2, 0.25) is 5.02 Å². The highest BCUT2D eigenvalue weighted by Gasteiger charge is 2.25. The third-order valence-electron chi connectivity index (χ3n) is 3.33. The summed E-state index contributed by atoms with van der Waals surface area (Å²) in [5, 5.41) is 0.573. The van der Waals surface area contributed by atoms with E-state index in [-0.39, 0.29) is 10.6 Å². The van der Waals surface area contributed by atoms with Crippen LogP contribution >= 0.6 is 11.6 Å². The third-order valence-corrected chi connectivity index (χ3v) is 3.53. The highest BCUT2D eigenvalue weighted by molar-refractivity contribution is 6.31. The second-order valence-electron chi connectivity index (χ2n) is 4.73. The number of ketones is 1. The minimum absolute atomic E-state index is 0.0191. The summed E-state index contributed by atoms with van der Waals surface area (Å²) in [5.74, 6) is -4.44. The van der Waals surface area contributed by atoms with Crippen LogP contribution in [-0.2, 0) is 0 Å². The van der Waals surface area contributed by atoms with E-state index in [1.165, 1.54) is 18.5 Å². The lowest BCUT2D eigenvalue weighted by molar-refractivity contribution is 0.0996. The predicted molar refractivity (Wildman–Crippen MR) is 79.4 cm³/mol. The Bertz CT molecular complexity index is 969. The van der Waals surface area contributed by atoms with E-state index >= 15 is 0 Å². The van der Waals surface area contributed by atoms with E-state index in [0.29, 0.717) is 11.0 Å². The second-order valence-corrected chi connectivity index (χ2v) is 5.17. The van der Waals surface area contributed by atoms with Gasteiger partial charge in [0.1, 0.15) is 17.3 Å². The fraction of sp³-hybridized carbons (Fsp3) is 0. The molecular formula is C15H8ClF2N3O2. The lowest BCUT2D eigenvalue weighted by Crippen LogP contribution is -2.17.